The molecule has 1 N–H and O–H groups in total. The summed E-state index contributed by atoms with van der Waals surface area (Å²) >= 11 is 3.35. The molecule has 0 aliphatic heterocycles. The highest BCUT2D eigenvalue weighted by molar-refractivity contribution is 9.10. The van der Waals surface area contributed by atoms with E-state index in [9.17, 15) is 14.9 Å². The number of carbonyl (C=O) groups is 1. The molecule has 21 heavy (non-hydrogen) atoms. The van der Waals surface area contributed by atoms with Crippen molar-refractivity contribution in [1.82, 2.24) is 5.32 Å². The van der Waals surface area contributed by atoms with Crippen molar-refractivity contribution in [3.8, 4) is 0 Å². The van der Waals surface area contributed by atoms with E-state index in [-0.39, 0.29) is 17.3 Å². The predicted molar refractivity (Wildman–Crippen MR) is 83.1 cm³/mol. The lowest BCUT2D eigenvalue weighted by Gasteiger charge is -2.14. The highest BCUT2D eigenvalue weighted by Gasteiger charge is 2.20. The summed E-state index contributed by atoms with van der Waals surface area (Å²) in [6.07, 6.45) is 0. The van der Waals surface area contributed by atoms with Gasteiger partial charge < -0.3 is 5.32 Å². The van der Waals surface area contributed by atoms with Crippen molar-refractivity contribution < 1.29 is 9.72 Å². The molecule has 5 nitrogen and oxygen atoms in total. The number of hydrogen-bond acceptors (Lipinski definition) is 3. The zero-order valence-corrected chi connectivity index (χ0v) is 12.8. The van der Waals surface area contributed by atoms with Crippen LogP contribution in [0.4, 0.5) is 5.69 Å². The summed E-state index contributed by atoms with van der Waals surface area (Å²) in [5.41, 5.74) is 0.787. The van der Waals surface area contributed by atoms with Crippen LogP contribution in [0.25, 0.3) is 0 Å². The first-order valence-corrected chi connectivity index (χ1v) is 7.08. The molecular weight excluding hydrogens is 336 g/mol. The van der Waals surface area contributed by atoms with Crippen molar-refractivity contribution in [2.45, 2.75) is 13.0 Å². The minimum Gasteiger partial charge on any atom is -0.345 e. The average molecular weight is 349 g/mol. The van der Waals surface area contributed by atoms with Crippen LogP contribution in [0.1, 0.15) is 28.9 Å². The molecule has 2 aromatic carbocycles. The number of rotatable bonds is 4. The first-order chi connectivity index (χ1) is 9.99. The van der Waals surface area contributed by atoms with Crippen LogP contribution in [-0.2, 0) is 0 Å². The first kappa shape index (κ1) is 15.2. The normalized spacial score (nSPS) is 11.7. The van der Waals surface area contributed by atoms with Gasteiger partial charge in [-0.15, -0.1) is 0 Å². The van der Waals surface area contributed by atoms with E-state index in [4.69, 9.17) is 0 Å². The quantitative estimate of drug-likeness (QED) is 0.673. The molecule has 0 fully saturated rings. The molecular formula is C15H13BrN2O3. The maximum absolute atomic E-state index is 12.2. The number of nitrogens with one attached hydrogen (secondary N) is 1. The summed E-state index contributed by atoms with van der Waals surface area (Å²) in [5, 5.41) is 13.7. The second-order valence-electron chi connectivity index (χ2n) is 4.52. The minimum atomic E-state index is -0.556. The lowest BCUT2D eigenvalue weighted by atomic mass is 10.1. The lowest BCUT2D eigenvalue weighted by molar-refractivity contribution is -0.385. The van der Waals surface area contributed by atoms with Crippen LogP contribution < -0.4 is 5.32 Å². The van der Waals surface area contributed by atoms with E-state index in [2.05, 4.69) is 21.2 Å². The van der Waals surface area contributed by atoms with E-state index in [1.54, 1.807) is 6.07 Å². The molecule has 108 valence electrons. The number of amides is 1. The number of halogens is 1. The molecule has 0 aliphatic carbocycles. The summed E-state index contributed by atoms with van der Waals surface area (Å²) in [6.45, 7) is 1.83. The number of carbonyl (C=O) groups excluding carboxylic acids is 1. The smallest absolute Gasteiger partial charge is 0.282 e. The maximum atomic E-state index is 12.2. The van der Waals surface area contributed by atoms with E-state index in [1.165, 1.54) is 18.2 Å². The number of nitrogens with zero attached hydrogens (tertiary/aromatic N) is 1. The number of hydrogen-bond donors (Lipinski definition) is 1. The minimum absolute atomic E-state index is 0.0615. The molecule has 0 aliphatic rings. The van der Waals surface area contributed by atoms with Gasteiger partial charge in [0.05, 0.1) is 11.0 Å². The fourth-order valence-corrected chi connectivity index (χ4v) is 2.20. The van der Waals surface area contributed by atoms with Crippen molar-refractivity contribution in [1.29, 1.82) is 0 Å². The third-order valence-electron chi connectivity index (χ3n) is 3.06. The lowest BCUT2D eigenvalue weighted by Crippen LogP contribution is -2.27. The van der Waals surface area contributed by atoms with Gasteiger partial charge in [0.15, 0.2) is 0 Å². The van der Waals surface area contributed by atoms with E-state index < -0.39 is 10.8 Å². The Morgan fingerprint density at radius 1 is 1.19 bits per heavy atom. The summed E-state index contributed by atoms with van der Waals surface area (Å²) in [5.74, 6) is -0.460. The topological polar surface area (TPSA) is 72.2 Å². The molecule has 1 unspecified atom stereocenters. The molecule has 1 atom stereocenters. The van der Waals surface area contributed by atoms with Gasteiger partial charge in [-0.2, -0.15) is 0 Å². The second-order valence-corrected chi connectivity index (χ2v) is 5.44. The Kier molecular flexibility index (Phi) is 4.70. The molecule has 2 rings (SSSR count). The monoisotopic (exact) mass is 348 g/mol. The van der Waals surface area contributed by atoms with Crippen LogP contribution in [0.2, 0.25) is 0 Å². The Balaban J connectivity index is 2.18. The maximum Gasteiger partial charge on any atom is 0.282 e. The number of para-hydroxylation sites is 1. The molecule has 0 saturated carbocycles. The highest BCUT2D eigenvalue weighted by Crippen LogP contribution is 2.20. The molecule has 2 aromatic rings. The van der Waals surface area contributed by atoms with Crippen molar-refractivity contribution in [3.05, 3.63) is 74.2 Å². The molecule has 0 radical (unpaired) electrons. The van der Waals surface area contributed by atoms with Crippen molar-refractivity contribution in [2.24, 2.45) is 0 Å². The van der Waals surface area contributed by atoms with E-state index >= 15 is 0 Å². The van der Waals surface area contributed by atoms with Gasteiger partial charge >= 0.3 is 0 Å². The Hall–Kier alpha value is -2.21. The van der Waals surface area contributed by atoms with Crippen LogP contribution >= 0.6 is 15.9 Å². The van der Waals surface area contributed by atoms with Crippen molar-refractivity contribution >= 4 is 27.5 Å². The van der Waals surface area contributed by atoms with E-state index in [0.717, 1.165) is 10.0 Å². The summed E-state index contributed by atoms with van der Waals surface area (Å²) in [6, 6.07) is 13.2. The van der Waals surface area contributed by atoms with Gasteiger partial charge in [-0.05, 0) is 30.7 Å². The van der Waals surface area contributed by atoms with Crippen molar-refractivity contribution in [2.75, 3.05) is 0 Å². The van der Waals surface area contributed by atoms with Gasteiger partial charge in [0.25, 0.3) is 11.6 Å². The standard InChI is InChI=1S/C15H13BrN2O3/c1-10(11-6-8-12(16)9-7-11)17-15(19)13-4-2-3-5-14(13)18(20)21/h2-10H,1H3,(H,17,19). The van der Waals surface area contributed by atoms with Crippen LogP contribution in [0.5, 0.6) is 0 Å². The highest BCUT2D eigenvalue weighted by atomic mass is 79.9. The van der Waals surface area contributed by atoms with Gasteiger partial charge in [-0.3, -0.25) is 14.9 Å². The van der Waals surface area contributed by atoms with E-state index in [1.807, 2.05) is 31.2 Å². The van der Waals surface area contributed by atoms with E-state index in [0.29, 0.717) is 0 Å². The Bertz CT molecular complexity index is 671. The van der Waals surface area contributed by atoms with Gasteiger partial charge in [0, 0.05) is 10.5 Å². The van der Waals surface area contributed by atoms with Crippen LogP contribution in [-0.4, -0.2) is 10.8 Å². The Morgan fingerprint density at radius 3 is 2.43 bits per heavy atom. The molecule has 0 aromatic heterocycles. The summed E-state index contributed by atoms with van der Waals surface area (Å²) in [7, 11) is 0. The van der Waals surface area contributed by atoms with Crippen LogP contribution in [0.3, 0.4) is 0 Å². The zero-order valence-electron chi connectivity index (χ0n) is 11.2. The predicted octanol–water partition coefficient (Wildman–Crippen LogP) is 3.85. The largest absolute Gasteiger partial charge is 0.345 e. The zero-order chi connectivity index (χ0) is 15.4. The summed E-state index contributed by atoms with van der Waals surface area (Å²) < 4.78 is 0.948. The molecule has 6 heteroatoms. The van der Waals surface area contributed by atoms with Gasteiger partial charge in [0.1, 0.15) is 5.56 Å². The summed E-state index contributed by atoms with van der Waals surface area (Å²) in [4.78, 5) is 22.6. The van der Waals surface area contributed by atoms with Crippen LogP contribution in [0, 0.1) is 10.1 Å². The number of nitro benzene ring substituents is 1. The van der Waals surface area contributed by atoms with Gasteiger partial charge in [0.2, 0.25) is 0 Å². The van der Waals surface area contributed by atoms with Gasteiger partial charge in [-0.25, -0.2) is 0 Å². The number of nitro groups is 1. The Labute approximate surface area is 130 Å². The average Bonchev–Trinajstić information content (AvgIpc) is 2.47. The second kappa shape index (κ2) is 6.49. The molecule has 0 saturated heterocycles. The fourth-order valence-electron chi connectivity index (χ4n) is 1.93. The first-order valence-electron chi connectivity index (χ1n) is 6.29. The number of benzene rings is 2. The van der Waals surface area contributed by atoms with Crippen molar-refractivity contribution in [3.63, 3.8) is 0 Å². The van der Waals surface area contributed by atoms with Crippen LogP contribution in [0.15, 0.2) is 53.0 Å². The molecule has 0 bridgehead atoms. The molecule has 0 spiro atoms. The third kappa shape index (κ3) is 3.66. The Morgan fingerprint density at radius 2 is 1.81 bits per heavy atom. The van der Waals surface area contributed by atoms with Gasteiger partial charge in [-0.1, -0.05) is 40.2 Å². The fraction of sp³-hybridized carbons (Fsp3) is 0.133. The molecule has 0 heterocycles. The SMILES string of the molecule is CC(NC(=O)c1ccccc1[N+](=O)[O-])c1ccc(Br)cc1. The third-order valence-corrected chi connectivity index (χ3v) is 3.59. The molecule has 1 amide bonds.